The fourth-order valence-corrected chi connectivity index (χ4v) is 0.970. The molecule has 4 nitrogen and oxygen atoms in total. The van der Waals surface area contributed by atoms with Gasteiger partial charge < -0.3 is 4.74 Å². The van der Waals surface area contributed by atoms with E-state index in [1.807, 2.05) is 6.07 Å². The van der Waals surface area contributed by atoms with Crippen molar-refractivity contribution in [3.63, 3.8) is 0 Å². The molecule has 0 unspecified atom stereocenters. The van der Waals surface area contributed by atoms with Crippen LogP contribution in [0.3, 0.4) is 0 Å². The average Bonchev–Trinajstić information content (AvgIpc) is 2.27. The molecule has 0 aliphatic heterocycles. The first kappa shape index (κ1) is 10.8. The van der Waals surface area contributed by atoms with Crippen molar-refractivity contribution in [3.05, 3.63) is 42.5 Å². The topological polar surface area (TPSA) is 62.1 Å². The van der Waals surface area contributed by atoms with Crippen LogP contribution in [0.4, 0.5) is 10.5 Å². The zero-order chi connectivity index (χ0) is 11.1. The lowest BCUT2D eigenvalue weighted by Gasteiger charge is -2.05. The average molecular weight is 202 g/mol. The van der Waals surface area contributed by atoms with E-state index in [1.54, 1.807) is 24.3 Å². The van der Waals surface area contributed by atoms with Crippen molar-refractivity contribution < 1.29 is 9.53 Å². The Morgan fingerprint density at radius 2 is 2.33 bits per heavy atom. The zero-order valence-corrected chi connectivity index (χ0v) is 8.06. The Labute approximate surface area is 87.8 Å². The van der Waals surface area contributed by atoms with Gasteiger partial charge in [-0.25, -0.2) is 4.79 Å². The molecule has 4 heteroatoms. The normalized spacial score (nSPS) is 8.73. The highest BCUT2D eigenvalue weighted by molar-refractivity contribution is 5.86. The standard InChI is InChI=1S/C11H10N2O2/c1-2-7-15-11(14)13-10-6-4-3-5-9(10)8-12/h2-6H,1,7H2,(H,13,14). The Morgan fingerprint density at radius 3 is 3.00 bits per heavy atom. The van der Waals surface area contributed by atoms with Crippen LogP contribution in [-0.4, -0.2) is 12.7 Å². The summed E-state index contributed by atoms with van der Waals surface area (Å²) in [6.45, 7) is 3.56. The van der Waals surface area contributed by atoms with E-state index in [9.17, 15) is 4.79 Å². The predicted octanol–water partition coefficient (Wildman–Crippen LogP) is 2.29. The summed E-state index contributed by atoms with van der Waals surface area (Å²) in [5.74, 6) is 0. The monoisotopic (exact) mass is 202 g/mol. The summed E-state index contributed by atoms with van der Waals surface area (Å²) in [5, 5.41) is 11.2. The van der Waals surface area contributed by atoms with E-state index in [4.69, 9.17) is 10.00 Å². The Hall–Kier alpha value is -2.28. The Balaban J connectivity index is 2.68. The summed E-state index contributed by atoms with van der Waals surface area (Å²) in [5.41, 5.74) is 0.835. The van der Waals surface area contributed by atoms with Crippen molar-refractivity contribution in [3.8, 4) is 6.07 Å². The molecule has 1 aromatic rings. The first-order chi connectivity index (χ1) is 7.27. The van der Waals surface area contributed by atoms with Crippen molar-refractivity contribution >= 4 is 11.8 Å². The van der Waals surface area contributed by atoms with Gasteiger partial charge >= 0.3 is 6.09 Å². The molecule has 15 heavy (non-hydrogen) atoms. The second kappa shape index (κ2) is 5.45. The second-order valence-electron chi connectivity index (χ2n) is 2.67. The number of rotatable bonds is 3. The number of carbonyl (C=O) groups is 1. The fraction of sp³-hybridized carbons (Fsp3) is 0.0909. The number of nitriles is 1. The highest BCUT2D eigenvalue weighted by atomic mass is 16.5. The summed E-state index contributed by atoms with van der Waals surface area (Å²) in [6.07, 6.45) is 0.869. The van der Waals surface area contributed by atoms with E-state index >= 15 is 0 Å². The van der Waals surface area contributed by atoms with E-state index in [1.165, 1.54) is 6.08 Å². The number of amides is 1. The molecule has 0 atom stereocenters. The van der Waals surface area contributed by atoms with Gasteiger partial charge in [-0.1, -0.05) is 24.8 Å². The molecule has 0 spiro atoms. The molecule has 1 rings (SSSR count). The first-order valence-electron chi connectivity index (χ1n) is 4.31. The van der Waals surface area contributed by atoms with Crippen LogP contribution in [0.1, 0.15) is 5.56 Å². The molecule has 0 heterocycles. The lowest BCUT2D eigenvalue weighted by Crippen LogP contribution is -2.14. The van der Waals surface area contributed by atoms with Gasteiger partial charge in [0.25, 0.3) is 0 Å². The highest BCUT2D eigenvalue weighted by Crippen LogP contribution is 2.13. The van der Waals surface area contributed by atoms with Gasteiger partial charge in [-0.2, -0.15) is 5.26 Å². The molecule has 1 aromatic carbocycles. The molecule has 0 saturated heterocycles. The third-order valence-electron chi connectivity index (χ3n) is 1.62. The largest absolute Gasteiger partial charge is 0.445 e. The van der Waals surface area contributed by atoms with Crippen LogP contribution in [0.15, 0.2) is 36.9 Å². The van der Waals surface area contributed by atoms with Crippen molar-refractivity contribution in [1.29, 1.82) is 5.26 Å². The van der Waals surface area contributed by atoms with E-state index in [-0.39, 0.29) is 6.61 Å². The number of para-hydroxylation sites is 1. The van der Waals surface area contributed by atoms with Crippen molar-refractivity contribution in [2.45, 2.75) is 0 Å². The van der Waals surface area contributed by atoms with Gasteiger partial charge in [-0.3, -0.25) is 5.32 Å². The van der Waals surface area contributed by atoms with E-state index in [0.717, 1.165) is 0 Å². The summed E-state index contributed by atoms with van der Waals surface area (Å²) >= 11 is 0. The molecule has 0 radical (unpaired) electrons. The van der Waals surface area contributed by atoms with E-state index in [2.05, 4.69) is 11.9 Å². The maximum Gasteiger partial charge on any atom is 0.411 e. The molecule has 1 amide bonds. The Bertz CT molecular complexity index is 407. The zero-order valence-electron chi connectivity index (χ0n) is 8.06. The SMILES string of the molecule is C=CCOC(=O)Nc1ccccc1C#N. The lowest BCUT2D eigenvalue weighted by atomic mass is 10.2. The van der Waals surface area contributed by atoms with Gasteiger partial charge in [0.15, 0.2) is 0 Å². The quantitative estimate of drug-likeness (QED) is 0.765. The maximum absolute atomic E-state index is 11.1. The smallest absolute Gasteiger partial charge is 0.411 e. The molecule has 0 fully saturated rings. The summed E-state index contributed by atoms with van der Waals surface area (Å²) < 4.78 is 4.72. The Morgan fingerprint density at radius 1 is 1.60 bits per heavy atom. The number of benzene rings is 1. The number of nitrogens with one attached hydrogen (secondary N) is 1. The lowest BCUT2D eigenvalue weighted by molar-refractivity contribution is 0.174. The third-order valence-corrected chi connectivity index (χ3v) is 1.62. The molecular weight excluding hydrogens is 192 g/mol. The minimum Gasteiger partial charge on any atom is -0.445 e. The fourth-order valence-electron chi connectivity index (χ4n) is 0.970. The predicted molar refractivity (Wildman–Crippen MR) is 56.3 cm³/mol. The minimum absolute atomic E-state index is 0.139. The molecule has 0 saturated carbocycles. The van der Waals surface area contributed by atoms with Gasteiger partial charge in [0.05, 0.1) is 11.3 Å². The molecule has 0 aromatic heterocycles. The van der Waals surface area contributed by atoms with Gasteiger partial charge in [-0.15, -0.1) is 0 Å². The van der Waals surface area contributed by atoms with E-state index in [0.29, 0.717) is 11.3 Å². The van der Waals surface area contributed by atoms with Crippen LogP contribution in [0.2, 0.25) is 0 Å². The number of hydrogen-bond donors (Lipinski definition) is 1. The van der Waals surface area contributed by atoms with Crippen LogP contribution in [0, 0.1) is 11.3 Å². The van der Waals surface area contributed by atoms with Gasteiger partial charge in [0.1, 0.15) is 12.7 Å². The number of carbonyl (C=O) groups excluding carboxylic acids is 1. The number of ether oxygens (including phenoxy) is 1. The van der Waals surface area contributed by atoms with Gasteiger partial charge in [-0.05, 0) is 12.1 Å². The molecule has 76 valence electrons. The van der Waals surface area contributed by atoms with Crippen molar-refractivity contribution in [2.24, 2.45) is 0 Å². The number of hydrogen-bond acceptors (Lipinski definition) is 3. The van der Waals surface area contributed by atoms with Crippen LogP contribution in [0.5, 0.6) is 0 Å². The maximum atomic E-state index is 11.1. The first-order valence-corrected chi connectivity index (χ1v) is 4.31. The number of anilines is 1. The summed E-state index contributed by atoms with van der Waals surface area (Å²) in [6, 6.07) is 8.66. The second-order valence-corrected chi connectivity index (χ2v) is 2.67. The molecule has 0 aliphatic rings. The van der Waals surface area contributed by atoms with Crippen LogP contribution in [-0.2, 0) is 4.74 Å². The molecular formula is C11H10N2O2. The van der Waals surface area contributed by atoms with E-state index < -0.39 is 6.09 Å². The number of nitrogens with zero attached hydrogens (tertiary/aromatic N) is 1. The van der Waals surface area contributed by atoms with Crippen molar-refractivity contribution in [2.75, 3.05) is 11.9 Å². The summed E-state index contributed by atoms with van der Waals surface area (Å²) in [4.78, 5) is 11.1. The molecule has 1 N–H and O–H groups in total. The van der Waals surface area contributed by atoms with Gasteiger partial charge in [0, 0.05) is 0 Å². The molecule has 0 aliphatic carbocycles. The van der Waals surface area contributed by atoms with Crippen molar-refractivity contribution in [1.82, 2.24) is 0 Å². The van der Waals surface area contributed by atoms with Crippen LogP contribution >= 0.6 is 0 Å². The highest BCUT2D eigenvalue weighted by Gasteiger charge is 2.05. The Kier molecular flexibility index (Phi) is 3.92. The van der Waals surface area contributed by atoms with Crippen LogP contribution < -0.4 is 5.32 Å². The van der Waals surface area contributed by atoms with Gasteiger partial charge in [0.2, 0.25) is 0 Å². The third kappa shape index (κ3) is 3.16. The van der Waals surface area contributed by atoms with Crippen LogP contribution in [0.25, 0.3) is 0 Å². The summed E-state index contributed by atoms with van der Waals surface area (Å²) in [7, 11) is 0. The minimum atomic E-state index is -0.599. The molecule has 0 bridgehead atoms.